The van der Waals surface area contributed by atoms with Crippen LogP contribution in [-0.2, 0) is 0 Å². The van der Waals surface area contributed by atoms with Crippen LogP contribution in [0.5, 0.6) is 0 Å². The predicted molar refractivity (Wildman–Crippen MR) is 67.6 cm³/mol. The predicted octanol–water partition coefficient (Wildman–Crippen LogP) is 3.54. The minimum absolute atomic E-state index is 0.552. The van der Waals surface area contributed by atoms with E-state index < -0.39 is 0 Å². The van der Waals surface area contributed by atoms with Gasteiger partial charge in [0.2, 0.25) is 0 Å². The van der Waals surface area contributed by atoms with E-state index >= 15 is 0 Å². The van der Waals surface area contributed by atoms with Crippen LogP contribution in [0.1, 0.15) is 5.56 Å². The van der Waals surface area contributed by atoms with Gasteiger partial charge in [-0.25, -0.2) is 4.98 Å². The van der Waals surface area contributed by atoms with Gasteiger partial charge in [-0.1, -0.05) is 0 Å². The maximum Gasteiger partial charge on any atom is 0.108 e. The third kappa shape index (κ3) is 2.46. The topological polar surface area (TPSA) is 49.6 Å². The Labute approximate surface area is 109 Å². The Morgan fingerprint density at radius 1 is 1.12 bits per heavy atom. The lowest BCUT2D eigenvalue weighted by Crippen LogP contribution is -1.87. The first kappa shape index (κ1) is 11.2. The Bertz CT molecular complexity index is 538. The van der Waals surface area contributed by atoms with E-state index in [2.05, 4.69) is 41.8 Å². The SMILES string of the molecule is N#Cc1ccc(-c2cc(Br)nc(Br)c2)nc1. The lowest BCUT2D eigenvalue weighted by atomic mass is 10.1. The summed E-state index contributed by atoms with van der Waals surface area (Å²) >= 11 is 6.63. The second-order valence-corrected chi connectivity index (χ2v) is 4.67. The molecular formula is C11H5Br2N3. The molecule has 0 aliphatic rings. The largest absolute Gasteiger partial charge is 0.255 e. The second kappa shape index (κ2) is 4.73. The summed E-state index contributed by atoms with van der Waals surface area (Å²) in [4.78, 5) is 8.36. The van der Waals surface area contributed by atoms with Crippen LogP contribution in [0.4, 0.5) is 0 Å². The van der Waals surface area contributed by atoms with Gasteiger partial charge in [-0.3, -0.25) is 4.98 Å². The Morgan fingerprint density at radius 3 is 2.31 bits per heavy atom. The molecule has 16 heavy (non-hydrogen) atoms. The summed E-state index contributed by atoms with van der Waals surface area (Å²) in [5, 5.41) is 8.67. The quantitative estimate of drug-likeness (QED) is 0.747. The summed E-state index contributed by atoms with van der Waals surface area (Å²) in [6.07, 6.45) is 1.55. The molecule has 0 fully saturated rings. The summed E-state index contributed by atoms with van der Waals surface area (Å²) in [6, 6.07) is 9.34. The minimum atomic E-state index is 0.552. The molecule has 2 heterocycles. The highest BCUT2D eigenvalue weighted by atomic mass is 79.9. The van der Waals surface area contributed by atoms with Gasteiger partial charge in [-0.15, -0.1) is 0 Å². The van der Waals surface area contributed by atoms with Crippen molar-refractivity contribution in [3.63, 3.8) is 0 Å². The van der Waals surface area contributed by atoms with E-state index in [1.807, 2.05) is 24.3 Å². The molecule has 0 aliphatic heterocycles. The number of rotatable bonds is 1. The van der Waals surface area contributed by atoms with Crippen LogP contribution in [0.2, 0.25) is 0 Å². The monoisotopic (exact) mass is 337 g/mol. The maximum atomic E-state index is 8.67. The number of aromatic nitrogens is 2. The average molecular weight is 339 g/mol. The zero-order chi connectivity index (χ0) is 11.5. The maximum absolute atomic E-state index is 8.67. The molecular weight excluding hydrogens is 334 g/mol. The third-order valence-corrected chi connectivity index (χ3v) is 2.76. The first-order chi connectivity index (χ1) is 7.69. The van der Waals surface area contributed by atoms with Crippen LogP contribution < -0.4 is 0 Å². The fraction of sp³-hybridized carbons (Fsp3) is 0. The summed E-state index contributed by atoms with van der Waals surface area (Å²) in [5.74, 6) is 0. The molecule has 78 valence electrons. The van der Waals surface area contributed by atoms with E-state index in [1.54, 1.807) is 12.3 Å². The van der Waals surface area contributed by atoms with Gasteiger partial charge in [0.25, 0.3) is 0 Å². The number of hydrogen-bond acceptors (Lipinski definition) is 3. The Balaban J connectivity index is 2.47. The van der Waals surface area contributed by atoms with E-state index in [-0.39, 0.29) is 0 Å². The van der Waals surface area contributed by atoms with Crippen molar-refractivity contribution in [2.24, 2.45) is 0 Å². The fourth-order valence-electron chi connectivity index (χ4n) is 1.24. The number of pyridine rings is 2. The molecule has 0 aromatic carbocycles. The smallest absolute Gasteiger partial charge is 0.108 e. The molecule has 3 nitrogen and oxygen atoms in total. The van der Waals surface area contributed by atoms with E-state index in [4.69, 9.17) is 5.26 Å². The molecule has 2 aromatic heterocycles. The Morgan fingerprint density at radius 2 is 1.81 bits per heavy atom. The third-order valence-electron chi connectivity index (χ3n) is 1.95. The Hall–Kier alpha value is -1.25. The van der Waals surface area contributed by atoms with Crippen molar-refractivity contribution >= 4 is 31.9 Å². The van der Waals surface area contributed by atoms with Gasteiger partial charge in [-0.05, 0) is 56.1 Å². The summed E-state index contributed by atoms with van der Waals surface area (Å²) < 4.78 is 1.48. The van der Waals surface area contributed by atoms with Crippen LogP contribution in [0, 0.1) is 11.3 Å². The van der Waals surface area contributed by atoms with Crippen LogP contribution in [-0.4, -0.2) is 9.97 Å². The van der Waals surface area contributed by atoms with Crippen molar-refractivity contribution in [1.29, 1.82) is 5.26 Å². The van der Waals surface area contributed by atoms with Crippen molar-refractivity contribution in [2.45, 2.75) is 0 Å². The number of nitriles is 1. The molecule has 5 heteroatoms. The molecule has 0 N–H and O–H groups in total. The fourth-order valence-corrected chi connectivity index (χ4v) is 2.36. The van der Waals surface area contributed by atoms with Crippen LogP contribution in [0.3, 0.4) is 0 Å². The van der Waals surface area contributed by atoms with Crippen molar-refractivity contribution < 1.29 is 0 Å². The molecule has 2 aromatic rings. The molecule has 0 unspecified atom stereocenters. The van der Waals surface area contributed by atoms with E-state index in [0.717, 1.165) is 20.5 Å². The first-order valence-corrected chi connectivity index (χ1v) is 5.97. The van der Waals surface area contributed by atoms with E-state index in [0.29, 0.717) is 5.56 Å². The van der Waals surface area contributed by atoms with Gasteiger partial charge >= 0.3 is 0 Å². The van der Waals surface area contributed by atoms with Gasteiger partial charge in [0, 0.05) is 11.8 Å². The first-order valence-electron chi connectivity index (χ1n) is 4.38. The van der Waals surface area contributed by atoms with Gasteiger partial charge in [-0.2, -0.15) is 5.26 Å². The zero-order valence-corrected chi connectivity index (χ0v) is 11.2. The summed E-state index contributed by atoms with van der Waals surface area (Å²) in [7, 11) is 0. The summed E-state index contributed by atoms with van der Waals surface area (Å²) in [5.41, 5.74) is 2.30. The second-order valence-electron chi connectivity index (χ2n) is 3.05. The Kier molecular flexibility index (Phi) is 3.32. The van der Waals surface area contributed by atoms with Crippen LogP contribution >= 0.6 is 31.9 Å². The van der Waals surface area contributed by atoms with Gasteiger partial charge in [0.05, 0.1) is 11.3 Å². The van der Waals surface area contributed by atoms with Gasteiger partial charge < -0.3 is 0 Å². The molecule has 0 spiro atoms. The number of halogens is 2. The lowest BCUT2D eigenvalue weighted by Gasteiger charge is -2.02. The molecule has 0 atom stereocenters. The van der Waals surface area contributed by atoms with E-state index in [9.17, 15) is 0 Å². The van der Waals surface area contributed by atoms with Crippen LogP contribution in [0.25, 0.3) is 11.3 Å². The molecule has 0 aliphatic carbocycles. The minimum Gasteiger partial charge on any atom is -0.255 e. The standard InChI is InChI=1S/C11H5Br2N3/c12-10-3-8(4-11(13)16-10)9-2-1-7(5-14)6-15-9/h1-4,6H. The number of nitrogens with zero attached hydrogens (tertiary/aromatic N) is 3. The molecule has 0 saturated carbocycles. The van der Waals surface area contributed by atoms with Crippen molar-refractivity contribution in [1.82, 2.24) is 9.97 Å². The highest BCUT2D eigenvalue weighted by Gasteiger charge is 2.03. The highest BCUT2D eigenvalue weighted by molar-refractivity contribution is 9.11. The van der Waals surface area contributed by atoms with Crippen molar-refractivity contribution in [2.75, 3.05) is 0 Å². The molecule has 0 amide bonds. The van der Waals surface area contributed by atoms with Crippen molar-refractivity contribution in [3.8, 4) is 17.3 Å². The molecule has 0 saturated heterocycles. The highest BCUT2D eigenvalue weighted by Crippen LogP contribution is 2.23. The average Bonchev–Trinajstić information content (AvgIpc) is 2.28. The normalized spacial score (nSPS) is 9.81. The molecule has 0 radical (unpaired) electrons. The number of hydrogen-bond donors (Lipinski definition) is 0. The zero-order valence-electron chi connectivity index (χ0n) is 7.98. The molecule has 2 rings (SSSR count). The molecule has 0 bridgehead atoms. The van der Waals surface area contributed by atoms with Gasteiger partial charge in [0.15, 0.2) is 0 Å². The van der Waals surface area contributed by atoms with Crippen molar-refractivity contribution in [3.05, 3.63) is 45.2 Å². The van der Waals surface area contributed by atoms with Gasteiger partial charge in [0.1, 0.15) is 15.3 Å². The summed E-state index contributed by atoms with van der Waals surface area (Å²) in [6.45, 7) is 0. The van der Waals surface area contributed by atoms with E-state index in [1.165, 1.54) is 0 Å². The lowest BCUT2D eigenvalue weighted by molar-refractivity contribution is 1.22. The van der Waals surface area contributed by atoms with Crippen LogP contribution in [0.15, 0.2) is 39.7 Å².